The Morgan fingerprint density at radius 2 is 1.80 bits per heavy atom. The van der Waals surface area contributed by atoms with Crippen molar-refractivity contribution in [1.29, 1.82) is 0 Å². The minimum absolute atomic E-state index is 0.0682. The van der Waals surface area contributed by atoms with Crippen molar-refractivity contribution in [1.82, 2.24) is 10.2 Å². The highest BCUT2D eigenvalue weighted by molar-refractivity contribution is 5.87. The number of piperidine rings is 1. The molecule has 0 aromatic heterocycles. The molecule has 6 heteroatoms. The molecule has 0 radical (unpaired) electrons. The molecular formula is C14H20F2N2O2. The Bertz CT molecular complexity index is 387. The van der Waals surface area contributed by atoms with Crippen molar-refractivity contribution in [3.05, 3.63) is 12.7 Å². The van der Waals surface area contributed by atoms with Crippen molar-refractivity contribution in [2.75, 3.05) is 13.1 Å². The van der Waals surface area contributed by atoms with Crippen molar-refractivity contribution >= 4 is 11.8 Å². The lowest BCUT2D eigenvalue weighted by molar-refractivity contribution is -0.133. The molecule has 1 unspecified atom stereocenters. The minimum Gasteiger partial charge on any atom is -0.347 e. The van der Waals surface area contributed by atoms with Crippen molar-refractivity contribution in [3.63, 3.8) is 0 Å². The van der Waals surface area contributed by atoms with E-state index in [2.05, 4.69) is 11.9 Å². The van der Waals surface area contributed by atoms with E-state index in [4.69, 9.17) is 0 Å². The molecule has 1 aliphatic heterocycles. The number of carbonyl (C=O) groups excluding carboxylic acids is 2. The van der Waals surface area contributed by atoms with Crippen LogP contribution in [-0.2, 0) is 9.59 Å². The number of nitrogens with zero attached hydrogens (tertiary/aromatic N) is 1. The topological polar surface area (TPSA) is 49.4 Å². The number of halogens is 2. The van der Waals surface area contributed by atoms with Gasteiger partial charge in [-0.1, -0.05) is 6.58 Å². The minimum atomic E-state index is -2.51. The Morgan fingerprint density at radius 1 is 1.20 bits per heavy atom. The average Bonchev–Trinajstić information content (AvgIpc) is 3.28. The number of hydrogen-bond acceptors (Lipinski definition) is 2. The van der Waals surface area contributed by atoms with Crippen LogP contribution in [0.4, 0.5) is 8.78 Å². The van der Waals surface area contributed by atoms with Gasteiger partial charge >= 0.3 is 0 Å². The molecule has 112 valence electrons. The molecule has 1 atom stereocenters. The van der Waals surface area contributed by atoms with Gasteiger partial charge in [-0.25, -0.2) is 8.78 Å². The number of likely N-dealkylation sites (tertiary alicyclic amines) is 1. The number of rotatable bonds is 5. The summed E-state index contributed by atoms with van der Waals surface area (Å²) in [6.07, 6.45) is 1.32. The second kappa shape index (κ2) is 6.33. The molecule has 2 aliphatic rings. The average molecular weight is 286 g/mol. The summed E-state index contributed by atoms with van der Waals surface area (Å²) in [6.45, 7) is 4.38. The fourth-order valence-electron chi connectivity index (χ4n) is 2.62. The van der Waals surface area contributed by atoms with Gasteiger partial charge in [0.25, 0.3) is 6.43 Å². The maximum atomic E-state index is 12.9. The summed E-state index contributed by atoms with van der Waals surface area (Å²) in [6, 6.07) is -1.00. The van der Waals surface area contributed by atoms with Crippen LogP contribution in [0.25, 0.3) is 0 Å². The maximum Gasteiger partial charge on any atom is 0.258 e. The highest BCUT2D eigenvalue weighted by Crippen LogP contribution is 2.35. The van der Waals surface area contributed by atoms with E-state index in [-0.39, 0.29) is 23.7 Å². The van der Waals surface area contributed by atoms with Crippen LogP contribution in [0, 0.1) is 11.8 Å². The summed E-state index contributed by atoms with van der Waals surface area (Å²) in [4.78, 5) is 25.1. The number of carbonyl (C=O) groups is 2. The third-order valence-electron chi connectivity index (χ3n) is 4.06. The highest BCUT2D eigenvalue weighted by Gasteiger charge is 2.39. The lowest BCUT2D eigenvalue weighted by Gasteiger charge is -2.31. The number of alkyl halides is 2. The van der Waals surface area contributed by atoms with Gasteiger partial charge in [-0.15, -0.1) is 0 Å². The molecule has 2 amide bonds. The first-order chi connectivity index (χ1) is 9.52. The molecule has 0 spiro atoms. The zero-order valence-electron chi connectivity index (χ0n) is 11.4. The van der Waals surface area contributed by atoms with E-state index in [1.165, 1.54) is 6.08 Å². The molecule has 20 heavy (non-hydrogen) atoms. The van der Waals surface area contributed by atoms with Crippen LogP contribution in [0.15, 0.2) is 12.7 Å². The van der Waals surface area contributed by atoms with Gasteiger partial charge in [-0.3, -0.25) is 9.59 Å². The Morgan fingerprint density at radius 3 is 2.25 bits per heavy atom. The van der Waals surface area contributed by atoms with Crippen LogP contribution in [0.1, 0.15) is 25.7 Å². The van der Waals surface area contributed by atoms with Crippen LogP contribution in [0.5, 0.6) is 0 Å². The summed E-state index contributed by atoms with van der Waals surface area (Å²) in [5.74, 6) is -0.787. The second-order valence-electron chi connectivity index (χ2n) is 5.51. The van der Waals surface area contributed by atoms with E-state index < -0.39 is 12.5 Å². The molecule has 1 saturated carbocycles. The molecule has 2 rings (SSSR count). The summed E-state index contributed by atoms with van der Waals surface area (Å²) in [5.41, 5.74) is 0. The van der Waals surface area contributed by atoms with Crippen molar-refractivity contribution < 1.29 is 18.4 Å². The largest absolute Gasteiger partial charge is 0.347 e. The third kappa shape index (κ3) is 3.55. The van der Waals surface area contributed by atoms with Crippen LogP contribution in [0.2, 0.25) is 0 Å². The monoisotopic (exact) mass is 286 g/mol. The summed E-state index contributed by atoms with van der Waals surface area (Å²) >= 11 is 0. The Hall–Kier alpha value is -1.46. The zero-order chi connectivity index (χ0) is 14.7. The standard InChI is InChI=1S/C14H20F2N2O2/c1-2-11(19)18-7-5-10(6-8-18)14(20)17-12(13(15)16)9-3-4-9/h2,9-10,12-13H,1,3-8H2,(H,17,20). The van der Waals surface area contributed by atoms with Crippen LogP contribution in [-0.4, -0.2) is 42.3 Å². The van der Waals surface area contributed by atoms with Gasteiger partial charge in [0, 0.05) is 19.0 Å². The zero-order valence-corrected chi connectivity index (χ0v) is 11.4. The Labute approximate surface area is 117 Å². The summed E-state index contributed by atoms with van der Waals surface area (Å²) in [7, 11) is 0. The molecule has 4 nitrogen and oxygen atoms in total. The van der Waals surface area contributed by atoms with E-state index in [9.17, 15) is 18.4 Å². The third-order valence-corrected chi connectivity index (χ3v) is 4.06. The van der Waals surface area contributed by atoms with E-state index in [0.717, 1.165) is 12.8 Å². The molecule has 0 bridgehead atoms. The Balaban J connectivity index is 1.82. The first-order valence-corrected chi connectivity index (χ1v) is 7.02. The van der Waals surface area contributed by atoms with E-state index in [1.54, 1.807) is 4.90 Å². The van der Waals surface area contributed by atoms with Crippen LogP contribution >= 0.6 is 0 Å². The van der Waals surface area contributed by atoms with Gasteiger partial charge in [-0.05, 0) is 37.7 Å². The SMILES string of the molecule is C=CC(=O)N1CCC(C(=O)NC(C(F)F)C2CC2)CC1. The van der Waals surface area contributed by atoms with Gasteiger partial charge in [-0.2, -0.15) is 0 Å². The predicted molar refractivity (Wildman–Crippen MR) is 70.2 cm³/mol. The summed E-state index contributed by atoms with van der Waals surface area (Å²) in [5, 5.41) is 2.49. The number of hydrogen-bond donors (Lipinski definition) is 1. The Kier molecular flexibility index (Phi) is 4.73. The number of amides is 2. The summed E-state index contributed by atoms with van der Waals surface area (Å²) < 4.78 is 25.7. The molecule has 0 aromatic rings. The van der Waals surface area contributed by atoms with Gasteiger partial charge < -0.3 is 10.2 Å². The van der Waals surface area contributed by atoms with Crippen molar-refractivity contribution in [2.45, 2.75) is 38.2 Å². The fourth-order valence-corrected chi connectivity index (χ4v) is 2.62. The van der Waals surface area contributed by atoms with Gasteiger partial charge in [0.15, 0.2) is 0 Å². The molecule has 1 N–H and O–H groups in total. The molecule has 1 saturated heterocycles. The first kappa shape index (κ1) is 14.9. The van der Waals surface area contributed by atoms with Gasteiger partial charge in [0.2, 0.25) is 11.8 Å². The van der Waals surface area contributed by atoms with Crippen LogP contribution < -0.4 is 5.32 Å². The quantitative estimate of drug-likeness (QED) is 0.780. The molecule has 2 fully saturated rings. The second-order valence-corrected chi connectivity index (χ2v) is 5.51. The first-order valence-electron chi connectivity index (χ1n) is 7.02. The fraction of sp³-hybridized carbons (Fsp3) is 0.714. The smallest absolute Gasteiger partial charge is 0.258 e. The number of nitrogens with one attached hydrogen (secondary N) is 1. The van der Waals surface area contributed by atoms with E-state index in [1.807, 2.05) is 0 Å². The van der Waals surface area contributed by atoms with Gasteiger partial charge in [0.05, 0.1) is 6.04 Å². The lowest BCUT2D eigenvalue weighted by atomic mass is 9.95. The lowest BCUT2D eigenvalue weighted by Crippen LogP contribution is -2.47. The normalized spacial score (nSPS) is 21.6. The molecule has 1 heterocycles. The highest BCUT2D eigenvalue weighted by atomic mass is 19.3. The van der Waals surface area contributed by atoms with Crippen LogP contribution in [0.3, 0.4) is 0 Å². The van der Waals surface area contributed by atoms with Gasteiger partial charge in [0.1, 0.15) is 0 Å². The van der Waals surface area contributed by atoms with Crippen molar-refractivity contribution in [2.24, 2.45) is 11.8 Å². The predicted octanol–water partition coefficient (Wildman–Crippen LogP) is 1.57. The van der Waals surface area contributed by atoms with E-state index >= 15 is 0 Å². The van der Waals surface area contributed by atoms with E-state index in [0.29, 0.717) is 25.9 Å². The van der Waals surface area contributed by atoms with Crippen molar-refractivity contribution in [3.8, 4) is 0 Å². The molecular weight excluding hydrogens is 266 g/mol. The maximum absolute atomic E-state index is 12.9. The molecule has 0 aromatic carbocycles. The molecule has 1 aliphatic carbocycles.